The number of fused-ring (bicyclic) bond motifs is 1. The Morgan fingerprint density at radius 3 is 2.34 bits per heavy atom. The number of pyridine rings is 1. The second kappa shape index (κ2) is 9.12. The third-order valence-electron chi connectivity index (χ3n) is 4.90. The van der Waals surface area contributed by atoms with Crippen LogP contribution in [0.4, 0.5) is 15.9 Å². The van der Waals surface area contributed by atoms with E-state index in [1.165, 1.54) is 12.1 Å². The van der Waals surface area contributed by atoms with Gasteiger partial charge in [-0.2, -0.15) is 0 Å². The van der Waals surface area contributed by atoms with Crippen LogP contribution < -0.4 is 5.32 Å². The Balaban J connectivity index is 0.00000245. The van der Waals surface area contributed by atoms with Crippen LogP contribution in [0.15, 0.2) is 91.3 Å². The molecular formula is C26H20ClFN4. The van der Waals surface area contributed by atoms with Crippen molar-refractivity contribution in [3.63, 3.8) is 0 Å². The largest absolute Gasteiger partial charge is 0.340 e. The van der Waals surface area contributed by atoms with Gasteiger partial charge in [0.05, 0.1) is 10.5 Å². The van der Waals surface area contributed by atoms with E-state index in [0.717, 1.165) is 27.6 Å². The van der Waals surface area contributed by atoms with E-state index in [2.05, 4.69) is 22.4 Å². The molecule has 2 aromatic heterocycles. The standard InChI is InChI=1S/C25H16ClFN4.CH4/c26-21-14-19(9-10-22(21)27)29-25-20-13-17(16-5-2-1-3-6-16)8-11-23(20)30-24(31-25)18-7-4-12-28-15-18;/h1-15H,(H,29,30,31);1H4. The highest BCUT2D eigenvalue weighted by Crippen LogP contribution is 2.32. The Kier molecular flexibility index (Phi) is 6.10. The zero-order chi connectivity index (χ0) is 21.2. The zero-order valence-corrected chi connectivity index (χ0v) is 17.0. The van der Waals surface area contributed by atoms with Crippen molar-refractivity contribution < 1.29 is 4.39 Å². The van der Waals surface area contributed by atoms with Crippen molar-refractivity contribution in [2.24, 2.45) is 0 Å². The Labute approximate surface area is 190 Å². The number of rotatable bonds is 4. The minimum atomic E-state index is -0.470. The van der Waals surface area contributed by atoms with Crippen molar-refractivity contribution in [1.82, 2.24) is 15.0 Å². The molecule has 0 fully saturated rings. The van der Waals surface area contributed by atoms with Gasteiger partial charge in [-0.25, -0.2) is 14.4 Å². The van der Waals surface area contributed by atoms with Gasteiger partial charge in [-0.15, -0.1) is 0 Å². The van der Waals surface area contributed by atoms with Gasteiger partial charge < -0.3 is 5.32 Å². The molecule has 0 aliphatic carbocycles. The first-order valence-electron chi connectivity index (χ1n) is 9.67. The Bertz CT molecular complexity index is 1380. The number of benzene rings is 3. The van der Waals surface area contributed by atoms with Gasteiger partial charge in [-0.3, -0.25) is 4.98 Å². The fraction of sp³-hybridized carbons (Fsp3) is 0.0385. The van der Waals surface area contributed by atoms with Crippen LogP contribution in [-0.4, -0.2) is 15.0 Å². The van der Waals surface area contributed by atoms with Crippen molar-refractivity contribution in [3.05, 3.63) is 102 Å². The number of halogens is 2. The predicted octanol–water partition coefficient (Wildman–Crippen LogP) is 7.53. The maximum atomic E-state index is 13.6. The molecule has 5 aromatic rings. The fourth-order valence-corrected chi connectivity index (χ4v) is 3.55. The molecule has 0 saturated heterocycles. The van der Waals surface area contributed by atoms with E-state index in [4.69, 9.17) is 21.6 Å². The van der Waals surface area contributed by atoms with E-state index in [1.807, 2.05) is 48.5 Å². The Hall–Kier alpha value is -3.83. The van der Waals surface area contributed by atoms with Crippen LogP contribution in [0.2, 0.25) is 5.02 Å². The van der Waals surface area contributed by atoms with Crippen LogP contribution in [0.25, 0.3) is 33.4 Å². The van der Waals surface area contributed by atoms with E-state index >= 15 is 0 Å². The van der Waals surface area contributed by atoms with Gasteiger partial charge in [0.15, 0.2) is 5.82 Å². The lowest BCUT2D eigenvalue weighted by Gasteiger charge is -2.13. The second-order valence-corrected chi connectivity index (χ2v) is 7.40. The molecule has 4 nitrogen and oxygen atoms in total. The summed E-state index contributed by atoms with van der Waals surface area (Å²) in [4.78, 5) is 13.7. The summed E-state index contributed by atoms with van der Waals surface area (Å²) >= 11 is 5.97. The Morgan fingerprint density at radius 1 is 0.781 bits per heavy atom. The van der Waals surface area contributed by atoms with Crippen LogP contribution in [0.5, 0.6) is 0 Å². The quantitative estimate of drug-likeness (QED) is 0.312. The highest BCUT2D eigenvalue weighted by molar-refractivity contribution is 6.31. The molecule has 32 heavy (non-hydrogen) atoms. The highest BCUT2D eigenvalue weighted by atomic mass is 35.5. The molecule has 0 radical (unpaired) electrons. The molecule has 0 unspecified atom stereocenters. The molecule has 0 aliphatic rings. The van der Waals surface area contributed by atoms with Crippen molar-refractivity contribution in [2.45, 2.75) is 7.43 Å². The molecule has 0 amide bonds. The maximum absolute atomic E-state index is 13.6. The van der Waals surface area contributed by atoms with Crippen LogP contribution >= 0.6 is 11.6 Å². The topological polar surface area (TPSA) is 50.7 Å². The maximum Gasteiger partial charge on any atom is 0.163 e. The average Bonchev–Trinajstić information content (AvgIpc) is 2.82. The number of aromatic nitrogens is 3. The van der Waals surface area contributed by atoms with Crippen LogP contribution in [0.3, 0.4) is 0 Å². The number of anilines is 2. The summed E-state index contributed by atoms with van der Waals surface area (Å²) in [6, 6.07) is 24.4. The van der Waals surface area contributed by atoms with Gasteiger partial charge in [0, 0.05) is 29.0 Å². The molecule has 0 aliphatic heterocycles. The van der Waals surface area contributed by atoms with E-state index in [-0.39, 0.29) is 12.4 Å². The van der Waals surface area contributed by atoms with Crippen LogP contribution in [0.1, 0.15) is 7.43 Å². The van der Waals surface area contributed by atoms with E-state index in [1.54, 1.807) is 18.5 Å². The third kappa shape index (κ3) is 4.29. The molecule has 0 spiro atoms. The Morgan fingerprint density at radius 2 is 1.59 bits per heavy atom. The third-order valence-corrected chi connectivity index (χ3v) is 5.19. The minimum absolute atomic E-state index is 0. The monoisotopic (exact) mass is 442 g/mol. The minimum Gasteiger partial charge on any atom is -0.340 e. The van der Waals surface area contributed by atoms with Crippen LogP contribution in [0, 0.1) is 5.82 Å². The summed E-state index contributed by atoms with van der Waals surface area (Å²) in [5, 5.41) is 4.17. The summed E-state index contributed by atoms with van der Waals surface area (Å²) in [5.74, 6) is 0.676. The first kappa shape index (κ1) is 21.4. The lowest BCUT2D eigenvalue weighted by molar-refractivity contribution is 0.628. The fourth-order valence-electron chi connectivity index (χ4n) is 3.37. The van der Waals surface area contributed by atoms with Crippen molar-refractivity contribution in [1.29, 1.82) is 0 Å². The molecule has 5 rings (SSSR count). The molecular weight excluding hydrogens is 423 g/mol. The number of nitrogens with zero attached hydrogens (tertiary/aromatic N) is 3. The molecule has 1 N–H and O–H groups in total. The SMILES string of the molecule is C.Fc1ccc(Nc2nc(-c3cccnc3)nc3ccc(-c4ccccc4)cc23)cc1Cl. The molecule has 158 valence electrons. The first-order chi connectivity index (χ1) is 15.2. The summed E-state index contributed by atoms with van der Waals surface area (Å²) < 4.78 is 13.6. The van der Waals surface area contributed by atoms with Crippen molar-refractivity contribution >= 4 is 34.0 Å². The van der Waals surface area contributed by atoms with Gasteiger partial charge in [0.2, 0.25) is 0 Å². The normalized spacial score (nSPS) is 10.6. The highest BCUT2D eigenvalue weighted by Gasteiger charge is 2.12. The van der Waals surface area contributed by atoms with Gasteiger partial charge in [0.25, 0.3) is 0 Å². The van der Waals surface area contributed by atoms with E-state index in [0.29, 0.717) is 17.3 Å². The molecule has 0 bridgehead atoms. The number of hydrogen-bond acceptors (Lipinski definition) is 4. The molecule has 6 heteroatoms. The lowest BCUT2D eigenvalue weighted by Crippen LogP contribution is -2.00. The average molecular weight is 443 g/mol. The van der Waals surface area contributed by atoms with Gasteiger partial charge in [-0.05, 0) is 53.6 Å². The molecule has 3 aromatic carbocycles. The lowest BCUT2D eigenvalue weighted by atomic mass is 10.0. The summed E-state index contributed by atoms with van der Waals surface area (Å²) in [5.41, 5.74) is 4.36. The molecule has 2 heterocycles. The smallest absolute Gasteiger partial charge is 0.163 e. The number of hydrogen-bond donors (Lipinski definition) is 1. The van der Waals surface area contributed by atoms with Crippen molar-refractivity contribution in [2.75, 3.05) is 5.32 Å². The number of nitrogens with one attached hydrogen (secondary N) is 1. The van der Waals surface area contributed by atoms with Crippen LogP contribution in [-0.2, 0) is 0 Å². The zero-order valence-electron chi connectivity index (χ0n) is 16.3. The van der Waals surface area contributed by atoms with Gasteiger partial charge in [-0.1, -0.05) is 55.4 Å². The molecule has 0 atom stereocenters. The van der Waals surface area contributed by atoms with E-state index in [9.17, 15) is 4.39 Å². The second-order valence-electron chi connectivity index (χ2n) is 6.99. The predicted molar refractivity (Wildman–Crippen MR) is 130 cm³/mol. The first-order valence-corrected chi connectivity index (χ1v) is 10.0. The van der Waals surface area contributed by atoms with Crippen molar-refractivity contribution in [3.8, 4) is 22.5 Å². The summed E-state index contributed by atoms with van der Waals surface area (Å²) in [7, 11) is 0. The molecule has 0 saturated carbocycles. The van der Waals surface area contributed by atoms with E-state index < -0.39 is 5.82 Å². The summed E-state index contributed by atoms with van der Waals surface area (Å²) in [6.07, 6.45) is 3.43. The van der Waals surface area contributed by atoms with Gasteiger partial charge in [0.1, 0.15) is 11.6 Å². The van der Waals surface area contributed by atoms with Gasteiger partial charge >= 0.3 is 0 Å². The summed E-state index contributed by atoms with van der Waals surface area (Å²) in [6.45, 7) is 0.